The molecule has 142 valence electrons. The summed E-state index contributed by atoms with van der Waals surface area (Å²) < 4.78 is 10.7. The smallest absolute Gasteiger partial charge is 0.316 e. The Morgan fingerprint density at radius 1 is 1.14 bits per heavy atom. The van der Waals surface area contributed by atoms with Gasteiger partial charge in [-0.1, -0.05) is 0 Å². The number of aliphatic imine (C=N–C) groups is 1. The highest BCUT2D eigenvalue weighted by Crippen LogP contribution is 2.37. The van der Waals surface area contributed by atoms with Crippen LogP contribution in [-0.4, -0.2) is 19.0 Å². The molecule has 4 rings (SSSR count). The second-order valence-electron chi connectivity index (χ2n) is 6.20. The first-order valence-electron chi connectivity index (χ1n) is 8.58. The fourth-order valence-corrected chi connectivity index (χ4v) is 3.12. The minimum atomic E-state index is -0.619. The first-order chi connectivity index (χ1) is 13.6. The van der Waals surface area contributed by atoms with Crippen molar-refractivity contribution in [3.63, 3.8) is 0 Å². The van der Waals surface area contributed by atoms with Gasteiger partial charge < -0.3 is 30.8 Å². The first kappa shape index (κ1) is 17.6. The predicted molar refractivity (Wildman–Crippen MR) is 107 cm³/mol. The van der Waals surface area contributed by atoms with Crippen LogP contribution >= 0.6 is 0 Å². The Morgan fingerprint density at radius 2 is 1.86 bits per heavy atom. The summed E-state index contributed by atoms with van der Waals surface area (Å²) in [7, 11) is 1.62. The zero-order chi connectivity index (χ0) is 19.7. The highest BCUT2D eigenvalue weighted by molar-refractivity contribution is 6.12. The van der Waals surface area contributed by atoms with Crippen LogP contribution in [0.4, 0.5) is 22.1 Å². The monoisotopic (exact) mass is 377 g/mol. The highest BCUT2D eigenvalue weighted by Gasteiger charge is 2.31. The molecular weight excluding hydrogens is 358 g/mol. The van der Waals surface area contributed by atoms with E-state index in [1.165, 1.54) is 0 Å². The van der Waals surface area contributed by atoms with Crippen LogP contribution in [0.2, 0.25) is 0 Å². The average Bonchev–Trinajstić information content (AvgIpc) is 3.17. The van der Waals surface area contributed by atoms with E-state index in [4.69, 9.17) is 20.6 Å². The lowest BCUT2D eigenvalue weighted by Gasteiger charge is -2.34. The van der Waals surface area contributed by atoms with Gasteiger partial charge in [-0.25, -0.2) is 4.79 Å². The van der Waals surface area contributed by atoms with Crippen molar-refractivity contribution in [2.45, 2.75) is 6.17 Å². The molecular formula is C20H19N5O3. The topological polar surface area (TPSA) is 119 Å². The molecule has 2 heterocycles. The highest BCUT2D eigenvalue weighted by atomic mass is 16.5. The fourth-order valence-electron chi connectivity index (χ4n) is 3.12. The van der Waals surface area contributed by atoms with Crippen molar-refractivity contribution in [1.82, 2.24) is 0 Å². The number of carbonyl (C=O) groups is 1. The van der Waals surface area contributed by atoms with Crippen LogP contribution in [0.5, 0.6) is 5.75 Å². The average molecular weight is 377 g/mol. The second-order valence-corrected chi connectivity index (χ2v) is 6.20. The lowest BCUT2D eigenvalue weighted by molar-refractivity contribution is 0.259. The number of urea groups is 1. The molecule has 0 radical (unpaired) electrons. The molecule has 5 N–H and O–H groups in total. The number of primary amides is 1. The molecule has 1 unspecified atom stereocenters. The van der Waals surface area contributed by atoms with Crippen LogP contribution in [0, 0.1) is 0 Å². The lowest BCUT2D eigenvalue weighted by atomic mass is 10.1. The third-order valence-electron chi connectivity index (χ3n) is 4.47. The number of rotatable bonds is 4. The predicted octanol–water partition coefficient (Wildman–Crippen LogP) is 3.33. The summed E-state index contributed by atoms with van der Waals surface area (Å²) in [5.41, 5.74) is 14.8. The van der Waals surface area contributed by atoms with Gasteiger partial charge in [-0.3, -0.25) is 0 Å². The van der Waals surface area contributed by atoms with E-state index in [9.17, 15) is 4.79 Å². The molecule has 3 aromatic rings. The molecule has 0 bridgehead atoms. The zero-order valence-corrected chi connectivity index (χ0v) is 15.1. The number of nitrogens with zero attached hydrogens (tertiary/aromatic N) is 2. The molecule has 2 amide bonds. The standard InChI is InChI=1S/C20H19N5O3/c1-27-15-8-2-12(3-9-15)18-24-19-16(10-11-28-19)17(21)25(18)14-6-4-13(5-7-14)23-20(22)26/h2-11,17H,21H2,1H3,(H3,22,23,26). The lowest BCUT2D eigenvalue weighted by Crippen LogP contribution is -2.41. The third kappa shape index (κ3) is 3.17. The Labute approximate surface area is 161 Å². The molecule has 8 heteroatoms. The van der Waals surface area contributed by atoms with Gasteiger partial charge >= 0.3 is 6.03 Å². The van der Waals surface area contributed by atoms with Crippen molar-refractivity contribution in [3.8, 4) is 5.75 Å². The number of hydrogen-bond acceptors (Lipinski definition) is 6. The van der Waals surface area contributed by atoms with Crippen molar-refractivity contribution in [3.05, 3.63) is 72.0 Å². The van der Waals surface area contributed by atoms with E-state index < -0.39 is 12.2 Å². The number of furan rings is 1. The van der Waals surface area contributed by atoms with Crippen LogP contribution in [-0.2, 0) is 0 Å². The molecule has 1 aromatic heterocycles. The number of carbonyl (C=O) groups excluding carboxylic acids is 1. The molecule has 0 fully saturated rings. The van der Waals surface area contributed by atoms with E-state index in [2.05, 4.69) is 10.3 Å². The quantitative estimate of drug-likeness (QED) is 0.644. The van der Waals surface area contributed by atoms with Crippen molar-refractivity contribution in [2.24, 2.45) is 16.5 Å². The molecule has 0 saturated carbocycles. The Hall–Kier alpha value is -3.78. The van der Waals surface area contributed by atoms with E-state index in [1.807, 2.05) is 47.4 Å². The first-order valence-corrected chi connectivity index (χ1v) is 8.58. The largest absolute Gasteiger partial charge is 0.497 e. The minimum Gasteiger partial charge on any atom is -0.497 e. The number of benzene rings is 2. The van der Waals surface area contributed by atoms with E-state index in [0.717, 1.165) is 22.6 Å². The molecule has 0 spiro atoms. The SMILES string of the molecule is COc1ccc(C2=Nc3occc3C(N)N2c2ccc(NC(N)=O)cc2)cc1. The molecule has 2 aromatic carbocycles. The Balaban J connectivity index is 1.77. The molecule has 8 nitrogen and oxygen atoms in total. The molecule has 1 atom stereocenters. The Bertz CT molecular complexity index is 1020. The summed E-state index contributed by atoms with van der Waals surface area (Å²) >= 11 is 0. The van der Waals surface area contributed by atoms with Gasteiger partial charge in [0.05, 0.1) is 18.9 Å². The molecule has 28 heavy (non-hydrogen) atoms. The summed E-state index contributed by atoms with van der Waals surface area (Å²) in [5, 5.41) is 2.54. The normalized spacial score (nSPS) is 15.6. The van der Waals surface area contributed by atoms with Gasteiger partial charge in [-0.2, -0.15) is 4.99 Å². The van der Waals surface area contributed by atoms with Crippen LogP contribution in [0.3, 0.4) is 0 Å². The maximum Gasteiger partial charge on any atom is 0.316 e. The summed E-state index contributed by atoms with van der Waals surface area (Å²) in [4.78, 5) is 17.6. The van der Waals surface area contributed by atoms with Gasteiger partial charge in [0.25, 0.3) is 0 Å². The second kappa shape index (κ2) is 7.09. The molecule has 0 aliphatic carbocycles. The van der Waals surface area contributed by atoms with E-state index >= 15 is 0 Å². The number of ether oxygens (including phenoxy) is 1. The number of hydrogen-bond donors (Lipinski definition) is 3. The van der Waals surface area contributed by atoms with Crippen molar-refractivity contribution in [1.29, 1.82) is 0 Å². The third-order valence-corrected chi connectivity index (χ3v) is 4.47. The van der Waals surface area contributed by atoms with Crippen LogP contribution in [0.15, 0.2) is 70.3 Å². The molecule has 1 aliphatic heterocycles. The van der Waals surface area contributed by atoms with Gasteiger partial charge in [-0.05, 0) is 54.6 Å². The van der Waals surface area contributed by atoms with E-state index in [-0.39, 0.29) is 0 Å². The number of fused-ring (bicyclic) bond motifs is 1. The molecule has 0 saturated heterocycles. The van der Waals surface area contributed by atoms with Crippen LogP contribution in [0.25, 0.3) is 0 Å². The fraction of sp³-hybridized carbons (Fsp3) is 0.100. The summed E-state index contributed by atoms with van der Waals surface area (Å²) in [6, 6.07) is 15.9. The van der Waals surface area contributed by atoms with Crippen molar-refractivity contribution >= 4 is 29.1 Å². The van der Waals surface area contributed by atoms with Crippen molar-refractivity contribution in [2.75, 3.05) is 17.3 Å². The van der Waals surface area contributed by atoms with Crippen LogP contribution in [0.1, 0.15) is 17.3 Å². The van der Waals surface area contributed by atoms with Gasteiger partial charge in [-0.15, -0.1) is 0 Å². The Morgan fingerprint density at radius 3 is 2.50 bits per heavy atom. The van der Waals surface area contributed by atoms with E-state index in [1.54, 1.807) is 25.5 Å². The summed E-state index contributed by atoms with van der Waals surface area (Å²) in [6.45, 7) is 0. The maximum absolute atomic E-state index is 11.0. The number of amides is 2. The number of nitrogens with two attached hydrogens (primary N) is 2. The number of nitrogens with one attached hydrogen (secondary N) is 1. The minimum absolute atomic E-state index is 0.488. The summed E-state index contributed by atoms with van der Waals surface area (Å²) in [6.07, 6.45) is 1.08. The van der Waals surface area contributed by atoms with Gasteiger partial charge in [0.2, 0.25) is 5.88 Å². The van der Waals surface area contributed by atoms with E-state index in [0.29, 0.717) is 17.4 Å². The number of anilines is 2. The maximum atomic E-state index is 11.0. The number of methoxy groups -OCH3 is 1. The van der Waals surface area contributed by atoms with Gasteiger partial charge in [0.15, 0.2) is 0 Å². The number of amidine groups is 1. The van der Waals surface area contributed by atoms with Crippen molar-refractivity contribution < 1.29 is 13.9 Å². The molecule has 1 aliphatic rings. The Kier molecular flexibility index (Phi) is 4.46. The van der Waals surface area contributed by atoms with Gasteiger partial charge in [0.1, 0.15) is 17.8 Å². The zero-order valence-electron chi connectivity index (χ0n) is 15.1. The van der Waals surface area contributed by atoms with Crippen LogP contribution < -0.4 is 26.4 Å². The van der Waals surface area contributed by atoms with Gasteiger partial charge in [0, 0.05) is 16.9 Å². The summed E-state index contributed by atoms with van der Waals surface area (Å²) in [5.74, 6) is 1.88.